The molecule has 0 aromatic heterocycles. The predicted octanol–water partition coefficient (Wildman–Crippen LogP) is 2.58. The molecule has 1 saturated heterocycles. The summed E-state index contributed by atoms with van der Waals surface area (Å²) in [6, 6.07) is 0. The van der Waals surface area contributed by atoms with E-state index in [1.54, 1.807) is 0 Å². The molecular formula is C14H25NO. The molecule has 16 heavy (non-hydrogen) atoms. The van der Waals surface area contributed by atoms with Crippen molar-refractivity contribution in [2.24, 2.45) is 23.7 Å². The fourth-order valence-corrected chi connectivity index (χ4v) is 3.45. The second kappa shape index (κ2) is 4.87. The largest absolute Gasteiger partial charge is 0.302 e. The Morgan fingerprint density at radius 2 is 2.00 bits per heavy atom. The van der Waals surface area contributed by atoms with Gasteiger partial charge < -0.3 is 4.90 Å². The van der Waals surface area contributed by atoms with Gasteiger partial charge in [-0.1, -0.05) is 20.8 Å². The zero-order valence-electron chi connectivity index (χ0n) is 10.9. The van der Waals surface area contributed by atoms with E-state index in [0.29, 0.717) is 23.5 Å². The number of carbonyl (C=O) groups is 1. The van der Waals surface area contributed by atoms with Crippen LogP contribution in [0.25, 0.3) is 0 Å². The van der Waals surface area contributed by atoms with Gasteiger partial charge in [-0.3, -0.25) is 4.79 Å². The average Bonchev–Trinajstić information content (AvgIpc) is 2.58. The van der Waals surface area contributed by atoms with E-state index < -0.39 is 0 Å². The van der Waals surface area contributed by atoms with Gasteiger partial charge in [0.2, 0.25) is 0 Å². The van der Waals surface area contributed by atoms with Crippen LogP contribution in [0.1, 0.15) is 40.0 Å². The van der Waals surface area contributed by atoms with E-state index in [0.717, 1.165) is 18.9 Å². The Balaban J connectivity index is 1.90. The molecule has 0 spiro atoms. The fourth-order valence-electron chi connectivity index (χ4n) is 3.45. The number of hydrogen-bond donors (Lipinski definition) is 0. The Hall–Kier alpha value is -0.370. The zero-order valence-corrected chi connectivity index (χ0v) is 10.9. The monoisotopic (exact) mass is 223 g/mol. The molecule has 0 amide bonds. The highest BCUT2D eigenvalue weighted by Crippen LogP contribution is 2.32. The summed E-state index contributed by atoms with van der Waals surface area (Å²) in [4.78, 5) is 14.6. The lowest BCUT2D eigenvalue weighted by Crippen LogP contribution is -2.39. The van der Waals surface area contributed by atoms with Crippen molar-refractivity contribution in [1.29, 1.82) is 0 Å². The second-order valence-corrected chi connectivity index (χ2v) is 6.25. The molecule has 1 heterocycles. The summed E-state index contributed by atoms with van der Waals surface area (Å²) in [6.45, 7) is 10.2. The Morgan fingerprint density at radius 1 is 1.25 bits per heavy atom. The molecule has 1 aliphatic heterocycles. The lowest BCUT2D eigenvalue weighted by molar-refractivity contribution is -0.128. The van der Waals surface area contributed by atoms with Crippen LogP contribution >= 0.6 is 0 Å². The molecule has 0 N–H and O–H groups in total. The standard InChI is InChI=1S/C14H25NO/c1-10-4-5-15(8-10)9-13-12(3)6-11(2)7-14(13)16/h10-13H,4-9H2,1-3H3. The van der Waals surface area contributed by atoms with Crippen molar-refractivity contribution in [2.75, 3.05) is 19.6 Å². The summed E-state index contributed by atoms with van der Waals surface area (Å²) in [5, 5.41) is 0. The minimum absolute atomic E-state index is 0.321. The van der Waals surface area contributed by atoms with Crippen molar-refractivity contribution in [3.8, 4) is 0 Å². The first-order chi connectivity index (χ1) is 7.56. The third kappa shape index (κ3) is 2.65. The van der Waals surface area contributed by atoms with Gasteiger partial charge in [-0.25, -0.2) is 0 Å². The van der Waals surface area contributed by atoms with Crippen molar-refractivity contribution in [3.05, 3.63) is 0 Å². The van der Waals surface area contributed by atoms with Crippen LogP contribution in [0.15, 0.2) is 0 Å². The van der Waals surface area contributed by atoms with Crippen molar-refractivity contribution >= 4 is 5.78 Å². The molecule has 0 aromatic carbocycles. The van der Waals surface area contributed by atoms with Crippen LogP contribution in [0, 0.1) is 23.7 Å². The van der Waals surface area contributed by atoms with E-state index >= 15 is 0 Å². The maximum absolute atomic E-state index is 12.1. The van der Waals surface area contributed by atoms with Crippen LogP contribution in [-0.4, -0.2) is 30.3 Å². The van der Waals surface area contributed by atoms with Gasteiger partial charge in [-0.15, -0.1) is 0 Å². The van der Waals surface area contributed by atoms with E-state index in [1.165, 1.54) is 25.9 Å². The fraction of sp³-hybridized carbons (Fsp3) is 0.929. The highest BCUT2D eigenvalue weighted by Gasteiger charge is 2.34. The zero-order chi connectivity index (χ0) is 11.7. The lowest BCUT2D eigenvalue weighted by atomic mass is 9.74. The third-order valence-corrected chi connectivity index (χ3v) is 4.39. The first-order valence-electron chi connectivity index (χ1n) is 6.81. The molecule has 4 unspecified atom stereocenters. The van der Waals surface area contributed by atoms with E-state index in [9.17, 15) is 4.79 Å². The van der Waals surface area contributed by atoms with Crippen LogP contribution in [0.3, 0.4) is 0 Å². The number of nitrogens with zero attached hydrogens (tertiary/aromatic N) is 1. The van der Waals surface area contributed by atoms with Crippen LogP contribution in [0.4, 0.5) is 0 Å². The molecule has 1 aliphatic carbocycles. The van der Waals surface area contributed by atoms with Gasteiger partial charge in [-0.05, 0) is 37.1 Å². The molecular weight excluding hydrogens is 198 g/mol. The molecule has 0 aromatic rings. The SMILES string of the molecule is CC1CC(=O)C(CN2CCC(C)C2)C(C)C1. The topological polar surface area (TPSA) is 20.3 Å². The van der Waals surface area contributed by atoms with Gasteiger partial charge in [0.15, 0.2) is 0 Å². The number of ketones is 1. The first-order valence-corrected chi connectivity index (χ1v) is 6.81. The van der Waals surface area contributed by atoms with Gasteiger partial charge in [0.1, 0.15) is 5.78 Å². The van der Waals surface area contributed by atoms with Crippen molar-refractivity contribution < 1.29 is 4.79 Å². The van der Waals surface area contributed by atoms with Crippen LogP contribution < -0.4 is 0 Å². The molecule has 2 aliphatic rings. The molecule has 92 valence electrons. The van der Waals surface area contributed by atoms with Gasteiger partial charge in [0, 0.05) is 25.4 Å². The van der Waals surface area contributed by atoms with Crippen molar-refractivity contribution in [3.63, 3.8) is 0 Å². The first kappa shape index (κ1) is 12.1. The van der Waals surface area contributed by atoms with E-state index in [4.69, 9.17) is 0 Å². The Kier molecular flexibility index (Phi) is 3.68. The predicted molar refractivity (Wildman–Crippen MR) is 66.3 cm³/mol. The second-order valence-electron chi connectivity index (χ2n) is 6.25. The molecule has 2 fully saturated rings. The summed E-state index contributed by atoms with van der Waals surface area (Å²) in [5.74, 6) is 2.86. The van der Waals surface area contributed by atoms with Crippen molar-refractivity contribution in [2.45, 2.75) is 40.0 Å². The summed E-state index contributed by atoms with van der Waals surface area (Å²) < 4.78 is 0. The molecule has 2 nitrogen and oxygen atoms in total. The third-order valence-electron chi connectivity index (χ3n) is 4.39. The minimum atomic E-state index is 0.321. The van der Waals surface area contributed by atoms with E-state index in [1.807, 2.05) is 0 Å². The highest BCUT2D eigenvalue weighted by atomic mass is 16.1. The Labute approximate surface area is 99.4 Å². The summed E-state index contributed by atoms with van der Waals surface area (Å²) >= 11 is 0. The van der Waals surface area contributed by atoms with Gasteiger partial charge in [0.05, 0.1) is 0 Å². The number of rotatable bonds is 2. The maximum atomic E-state index is 12.1. The van der Waals surface area contributed by atoms with E-state index in [2.05, 4.69) is 25.7 Å². The quantitative estimate of drug-likeness (QED) is 0.717. The lowest BCUT2D eigenvalue weighted by Gasteiger charge is -2.33. The molecule has 2 heteroatoms. The number of hydrogen-bond acceptors (Lipinski definition) is 2. The van der Waals surface area contributed by atoms with Gasteiger partial charge >= 0.3 is 0 Å². The smallest absolute Gasteiger partial charge is 0.137 e. The van der Waals surface area contributed by atoms with Crippen molar-refractivity contribution in [1.82, 2.24) is 4.90 Å². The van der Waals surface area contributed by atoms with Gasteiger partial charge in [-0.2, -0.15) is 0 Å². The number of Topliss-reactive ketones (excluding diaryl/α,β-unsaturated/α-hetero) is 1. The molecule has 4 atom stereocenters. The summed E-state index contributed by atoms with van der Waals surface area (Å²) in [6.07, 6.45) is 3.36. The Bertz CT molecular complexity index is 263. The van der Waals surface area contributed by atoms with Crippen LogP contribution in [0.2, 0.25) is 0 Å². The minimum Gasteiger partial charge on any atom is -0.302 e. The maximum Gasteiger partial charge on any atom is 0.137 e. The van der Waals surface area contributed by atoms with Crippen LogP contribution in [-0.2, 0) is 4.79 Å². The average molecular weight is 223 g/mol. The molecule has 2 rings (SSSR count). The summed E-state index contributed by atoms with van der Waals surface area (Å²) in [7, 11) is 0. The van der Waals surface area contributed by atoms with Gasteiger partial charge in [0.25, 0.3) is 0 Å². The normalized spacial score (nSPS) is 41.6. The highest BCUT2D eigenvalue weighted by molar-refractivity contribution is 5.82. The summed E-state index contributed by atoms with van der Waals surface area (Å²) in [5.41, 5.74) is 0. The molecule has 0 bridgehead atoms. The number of carbonyl (C=O) groups excluding carboxylic acids is 1. The molecule has 1 saturated carbocycles. The van der Waals surface area contributed by atoms with E-state index in [-0.39, 0.29) is 0 Å². The number of likely N-dealkylation sites (tertiary alicyclic amines) is 1. The molecule has 0 radical (unpaired) electrons. The Morgan fingerprint density at radius 3 is 2.56 bits per heavy atom. The van der Waals surface area contributed by atoms with Crippen LogP contribution in [0.5, 0.6) is 0 Å².